The van der Waals surface area contributed by atoms with E-state index >= 15 is 0 Å². The first-order chi connectivity index (χ1) is 9.67. The Kier molecular flexibility index (Phi) is 4.93. The summed E-state index contributed by atoms with van der Waals surface area (Å²) >= 11 is 0. The molecule has 0 aliphatic rings. The van der Waals surface area contributed by atoms with Gasteiger partial charge in [0.15, 0.2) is 0 Å². The highest BCUT2D eigenvalue weighted by molar-refractivity contribution is 5.36. The molecular weight excluding hydrogens is 250 g/mol. The van der Waals surface area contributed by atoms with Gasteiger partial charge in [-0.15, -0.1) is 0 Å². The second-order valence-electron chi connectivity index (χ2n) is 4.74. The van der Waals surface area contributed by atoms with Gasteiger partial charge in [-0.3, -0.25) is 0 Å². The molecular formula is C16H21N3O. The summed E-state index contributed by atoms with van der Waals surface area (Å²) in [6.45, 7) is 7.38. The van der Waals surface area contributed by atoms with Gasteiger partial charge in [-0.05, 0) is 38.0 Å². The van der Waals surface area contributed by atoms with Crippen molar-refractivity contribution in [2.45, 2.75) is 27.2 Å². The fraction of sp³-hybridized carbons (Fsp3) is 0.375. The first-order valence-electron chi connectivity index (χ1n) is 6.95. The summed E-state index contributed by atoms with van der Waals surface area (Å²) in [7, 11) is 0. The lowest BCUT2D eigenvalue weighted by atomic mass is 10.2. The number of anilines is 1. The molecule has 1 aromatic heterocycles. The lowest BCUT2D eigenvalue weighted by Crippen LogP contribution is -2.13. The van der Waals surface area contributed by atoms with E-state index < -0.39 is 0 Å². The number of ether oxygens (including phenoxy) is 1. The van der Waals surface area contributed by atoms with Gasteiger partial charge in [0.1, 0.15) is 24.0 Å². The van der Waals surface area contributed by atoms with Crippen LogP contribution in [-0.2, 0) is 6.42 Å². The molecule has 2 rings (SSSR count). The van der Waals surface area contributed by atoms with Gasteiger partial charge in [-0.25, -0.2) is 9.97 Å². The topological polar surface area (TPSA) is 47.0 Å². The van der Waals surface area contributed by atoms with Crippen LogP contribution >= 0.6 is 0 Å². The summed E-state index contributed by atoms with van der Waals surface area (Å²) in [6, 6.07) is 10.0. The average Bonchev–Trinajstić information content (AvgIpc) is 2.43. The summed E-state index contributed by atoms with van der Waals surface area (Å²) in [6.07, 6.45) is 0.915. The highest BCUT2D eigenvalue weighted by atomic mass is 16.5. The number of nitrogens with zero attached hydrogens (tertiary/aromatic N) is 2. The molecule has 2 aromatic rings. The van der Waals surface area contributed by atoms with Crippen LogP contribution in [0.3, 0.4) is 0 Å². The van der Waals surface area contributed by atoms with Crippen molar-refractivity contribution < 1.29 is 4.74 Å². The Morgan fingerprint density at radius 1 is 1.15 bits per heavy atom. The number of benzene rings is 1. The lowest BCUT2D eigenvalue weighted by Gasteiger charge is -2.09. The molecule has 0 atom stereocenters. The van der Waals surface area contributed by atoms with Crippen LogP contribution in [0.5, 0.6) is 5.75 Å². The quantitative estimate of drug-likeness (QED) is 0.820. The summed E-state index contributed by atoms with van der Waals surface area (Å²) < 4.78 is 5.69. The highest BCUT2D eigenvalue weighted by Gasteiger charge is 2.00. The zero-order chi connectivity index (χ0) is 14.4. The van der Waals surface area contributed by atoms with Crippen LogP contribution in [0.2, 0.25) is 0 Å². The van der Waals surface area contributed by atoms with E-state index in [-0.39, 0.29) is 0 Å². The Bertz CT molecular complexity index is 569. The second-order valence-corrected chi connectivity index (χ2v) is 4.74. The smallest absolute Gasteiger partial charge is 0.130 e. The largest absolute Gasteiger partial charge is 0.492 e. The maximum Gasteiger partial charge on any atom is 0.130 e. The van der Waals surface area contributed by atoms with E-state index in [1.54, 1.807) is 0 Å². The van der Waals surface area contributed by atoms with E-state index in [1.165, 1.54) is 5.56 Å². The van der Waals surface area contributed by atoms with Crippen LogP contribution in [0.4, 0.5) is 5.82 Å². The molecule has 0 aliphatic heterocycles. The molecule has 1 heterocycles. The van der Waals surface area contributed by atoms with E-state index in [4.69, 9.17) is 4.74 Å². The van der Waals surface area contributed by atoms with Gasteiger partial charge in [0.2, 0.25) is 0 Å². The van der Waals surface area contributed by atoms with Crippen molar-refractivity contribution in [3.05, 3.63) is 47.4 Å². The third kappa shape index (κ3) is 4.23. The normalized spacial score (nSPS) is 10.3. The molecule has 0 amide bonds. The molecule has 0 saturated carbocycles. The van der Waals surface area contributed by atoms with E-state index in [0.29, 0.717) is 13.2 Å². The molecule has 1 N–H and O–H groups in total. The zero-order valence-electron chi connectivity index (χ0n) is 12.3. The van der Waals surface area contributed by atoms with Crippen LogP contribution in [0.25, 0.3) is 0 Å². The maximum absolute atomic E-state index is 5.69. The SMILES string of the molecule is CCc1cc(NCCOc2cccc(C)c2)nc(C)n1. The standard InChI is InChI=1S/C16H21N3O/c1-4-14-11-16(19-13(3)18-14)17-8-9-20-15-7-5-6-12(2)10-15/h5-7,10-11H,4,8-9H2,1-3H3,(H,17,18,19). The van der Waals surface area contributed by atoms with Gasteiger partial charge in [0.05, 0.1) is 6.54 Å². The van der Waals surface area contributed by atoms with E-state index in [1.807, 2.05) is 31.2 Å². The summed E-state index contributed by atoms with van der Waals surface area (Å²) in [5.74, 6) is 2.56. The van der Waals surface area contributed by atoms with Gasteiger partial charge in [-0.1, -0.05) is 19.1 Å². The fourth-order valence-electron chi connectivity index (χ4n) is 1.95. The molecule has 0 aliphatic carbocycles. The fourth-order valence-corrected chi connectivity index (χ4v) is 1.95. The van der Waals surface area contributed by atoms with E-state index in [2.05, 4.69) is 35.2 Å². The zero-order valence-corrected chi connectivity index (χ0v) is 12.3. The van der Waals surface area contributed by atoms with Crippen LogP contribution in [0, 0.1) is 13.8 Å². The Hall–Kier alpha value is -2.10. The number of aryl methyl sites for hydroxylation is 3. The first kappa shape index (κ1) is 14.3. The third-order valence-corrected chi connectivity index (χ3v) is 2.92. The minimum atomic E-state index is 0.605. The molecule has 0 fully saturated rings. The van der Waals surface area contributed by atoms with Crippen LogP contribution in [0.15, 0.2) is 30.3 Å². The highest BCUT2D eigenvalue weighted by Crippen LogP contribution is 2.12. The van der Waals surface area contributed by atoms with Crippen molar-refractivity contribution in [1.29, 1.82) is 0 Å². The average molecular weight is 271 g/mol. The van der Waals surface area contributed by atoms with Crippen molar-refractivity contribution >= 4 is 5.82 Å². The van der Waals surface area contributed by atoms with Gasteiger partial charge in [0, 0.05) is 11.8 Å². The summed E-state index contributed by atoms with van der Waals surface area (Å²) in [5.41, 5.74) is 2.26. The molecule has 0 spiro atoms. The molecule has 0 saturated heterocycles. The van der Waals surface area contributed by atoms with Gasteiger partial charge in [0.25, 0.3) is 0 Å². The minimum Gasteiger partial charge on any atom is -0.492 e. The molecule has 4 heteroatoms. The molecule has 4 nitrogen and oxygen atoms in total. The van der Waals surface area contributed by atoms with Crippen LogP contribution in [-0.4, -0.2) is 23.1 Å². The number of hydrogen-bond acceptors (Lipinski definition) is 4. The molecule has 20 heavy (non-hydrogen) atoms. The van der Waals surface area contributed by atoms with Gasteiger partial charge in [-0.2, -0.15) is 0 Å². The van der Waals surface area contributed by atoms with Gasteiger partial charge < -0.3 is 10.1 Å². The monoisotopic (exact) mass is 271 g/mol. The minimum absolute atomic E-state index is 0.605. The summed E-state index contributed by atoms with van der Waals surface area (Å²) in [5, 5.41) is 3.27. The lowest BCUT2D eigenvalue weighted by molar-refractivity contribution is 0.332. The van der Waals surface area contributed by atoms with Crippen molar-refractivity contribution in [1.82, 2.24) is 9.97 Å². The maximum atomic E-state index is 5.69. The number of rotatable bonds is 6. The number of hydrogen-bond donors (Lipinski definition) is 1. The molecule has 0 bridgehead atoms. The Morgan fingerprint density at radius 2 is 2.00 bits per heavy atom. The predicted molar refractivity (Wildman–Crippen MR) is 81.3 cm³/mol. The molecule has 1 aromatic carbocycles. The first-order valence-corrected chi connectivity index (χ1v) is 6.95. The number of nitrogens with one attached hydrogen (secondary N) is 1. The van der Waals surface area contributed by atoms with Crippen LogP contribution in [0.1, 0.15) is 24.0 Å². The van der Waals surface area contributed by atoms with E-state index in [9.17, 15) is 0 Å². The summed E-state index contributed by atoms with van der Waals surface area (Å²) in [4.78, 5) is 8.72. The van der Waals surface area contributed by atoms with Gasteiger partial charge >= 0.3 is 0 Å². The van der Waals surface area contributed by atoms with Crippen molar-refractivity contribution in [2.75, 3.05) is 18.5 Å². The molecule has 0 unspecified atom stereocenters. The van der Waals surface area contributed by atoms with E-state index in [0.717, 1.165) is 29.5 Å². The second kappa shape index (κ2) is 6.89. The Morgan fingerprint density at radius 3 is 2.75 bits per heavy atom. The number of aromatic nitrogens is 2. The van der Waals surface area contributed by atoms with Crippen molar-refractivity contribution in [3.8, 4) is 5.75 Å². The van der Waals surface area contributed by atoms with Crippen LogP contribution < -0.4 is 10.1 Å². The molecule has 106 valence electrons. The Labute approximate surface area is 120 Å². The molecule has 0 radical (unpaired) electrons. The van der Waals surface area contributed by atoms with Crippen molar-refractivity contribution in [2.24, 2.45) is 0 Å². The Balaban J connectivity index is 1.82. The third-order valence-electron chi connectivity index (χ3n) is 2.92. The van der Waals surface area contributed by atoms with Crippen molar-refractivity contribution in [3.63, 3.8) is 0 Å². The predicted octanol–water partition coefficient (Wildman–Crippen LogP) is 3.15.